The van der Waals surface area contributed by atoms with Crippen LogP contribution in [0.3, 0.4) is 0 Å². The molecule has 0 radical (unpaired) electrons. The smallest absolute Gasteiger partial charge is 0.166 e. The summed E-state index contributed by atoms with van der Waals surface area (Å²) in [6, 6.07) is 6.53. The number of fused-ring (bicyclic) bond motifs is 1. The normalized spacial score (nSPS) is 18.3. The summed E-state index contributed by atoms with van der Waals surface area (Å²) in [5, 5.41) is 1.10. The third-order valence-electron chi connectivity index (χ3n) is 7.24. The molecule has 7 heteroatoms. The highest BCUT2D eigenvalue weighted by atomic mass is 32.2. The van der Waals surface area contributed by atoms with E-state index >= 15 is 0 Å². The lowest BCUT2D eigenvalue weighted by Gasteiger charge is -2.25. The van der Waals surface area contributed by atoms with Gasteiger partial charge in [0.15, 0.2) is 5.65 Å². The molecule has 2 saturated carbocycles. The molecular weight excluding hydrogens is 430 g/mol. The molecule has 0 amide bonds. The van der Waals surface area contributed by atoms with Gasteiger partial charge in [0, 0.05) is 55.9 Å². The van der Waals surface area contributed by atoms with Gasteiger partial charge in [-0.05, 0) is 68.7 Å². The van der Waals surface area contributed by atoms with Gasteiger partial charge in [0.25, 0.3) is 0 Å². The molecule has 3 aromatic rings. The molecule has 1 aliphatic heterocycles. The quantitative estimate of drug-likeness (QED) is 0.399. The van der Waals surface area contributed by atoms with Crippen molar-refractivity contribution in [2.75, 3.05) is 49.3 Å². The van der Waals surface area contributed by atoms with Gasteiger partial charge in [-0.2, -0.15) is 0 Å². The van der Waals surface area contributed by atoms with Crippen LogP contribution in [0.15, 0.2) is 35.6 Å². The number of imidazole rings is 1. The monoisotopic (exact) mass is 463 g/mol. The second kappa shape index (κ2) is 8.75. The minimum Gasteiger partial charge on any atom is -0.496 e. The Morgan fingerprint density at radius 2 is 1.82 bits per heavy atom. The number of methoxy groups -OCH3 is 1. The fourth-order valence-corrected chi connectivity index (χ4v) is 5.67. The molecule has 0 unspecified atom stereocenters. The summed E-state index contributed by atoms with van der Waals surface area (Å²) in [7, 11) is 1.75. The number of benzene rings is 1. The Kier molecular flexibility index (Phi) is 5.60. The minimum absolute atomic E-state index is 0.837. The SMILES string of the molecule is COc1cc(N2CCCC2)ccc1-c1nccn2c(N(CC3CC3)CC3CC3)c(SC)nc12. The molecule has 3 aliphatic rings. The lowest BCUT2D eigenvalue weighted by molar-refractivity contribution is 0.416. The first-order valence-electron chi connectivity index (χ1n) is 12.3. The maximum atomic E-state index is 5.86. The third-order valence-corrected chi connectivity index (χ3v) is 7.90. The molecule has 0 bridgehead atoms. The van der Waals surface area contributed by atoms with Crippen molar-refractivity contribution >= 4 is 28.9 Å². The van der Waals surface area contributed by atoms with E-state index in [1.807, 2.05) is 6.20 Å². The Morgan fingerprint density at radius 1 is 1.09 bits per heavy atom. The molecule has 3 heterocycles. The van der Waals surface area contributed by atoms with E-state index in [0.717, 1.165) is 65.7 Å². The van der Waals surface area contributed by atoms with Crippen molar-refractivity contribution in [1.82, 2.24) is 14.4 Å². The Labute approximate surface area is 200 Å². The number of hydrogen-bond acceptors (Lipinski definition) is 6. The zero-order valence-electron chi connectivity index (χ0n) is 19.7. The van der Waals surface area contributed by atoms with Crippen LogP contribution in [0.1, 0.15) is 38.5 Å². The first kappa shape index (κ1) is 21.1. The molecule has 2 aromatic heterocycles. The fourth-order valence-electron chi connectivity index (χ4n) is 5.08. The van der Waals surface area contributed by atoms with E-state index in [1.54, 1.807) is 18.9 Å². The molecule has 33 heavy (non-hydrogen) atoms. The van der Waals surface area contributed by atoms with Crippen LogP contribution in [0.5, 0.6) is 5.75 Å². The maximum Gasteiger partial charge on any atom is 0.166 e. The highest BCUT2D eigenvalue weighted by Gasteiger charge is 2.32. The molecule has 6 rings (SSSR count). The molecule has 1 saturated heterocycles. The molecule has 2 aliphatic carbocycles. The Morgan fingerprint density at radius 3 is 2.45 bits per heavy atom. The van der Waals surface area contributed by atoms with Crippen molar-refractivity contribution < 1.29 is 4.74 Å². The van der Waals surface area contributed by atoms with E-state index in [0.29, 0.717) is 0 Å². The second-order valence-electron chi connectivity index (χ2n) is 9.78. The number of aromatic nitrogens is 3. The van der Waals surface area contributed by atoms with Gasteiger partial charge in [-0.25, -0.2) is 4.98 Å². The van der Waals surface area contributed by atoms with Gasteiger partial charge in [-0.1, -0.05) is 0 Å². The van der Waals surface area contributed by atoms with Crippen LogP contribution in [0.25, 0.3) is 16.9 Å². The standard InChI is InChI=1S/C26H33N5OS/c1-32-22-15-20(29-12-3-4-13-29)9-10-21(22)23-24-28-25(33-2)26(31(24)14-11-27-23)30(16-18-5-6-18)17-19-7-8-19/h9-11,14-15,18-19H,3-8,12-13,16-17H2,1-2H3. The summed E-state index contributed by atoms with van der Waals surface area (Å²) in [5.41, 5.74) is 4.04. The number of thioether (sulfide) groups is 1. The zero-order chi connectivity index (χ0) is 22.4. The summed E-state index contributed by atoms with van der Waals surface area (Å²) in [4.78, 5) is 15.0. The van der Waals surface area contributed by atoms with Crippen LogP contribution in [0.4, 0.5) is 11.5 Å². The van der Waals surface area contributed by atoms with Crippen LogP contribution in [-0.4, -0.2) is 53.9 Å². The van der Waals surface area contributed by atoms with Gasteiger partial charge in [-0.3, -0.25) is 9.38 Å². The zero-order valence-corrected chi connectivity index (χ0v) is 20.5. The second-order valence-corrected chi connectivity index (χ2v) is 10.6. The van der Waals surface area contributed by atoms with E-state index in [2.05, 4.69) is 44.9 Å². The topological polar surface area (TPSA) is 45.9 Å². The highest BCUT2D eigenvalue weighted by Crippen LogP contribution is 2.41. The van der Waals surface area contributed by atoms with Crippen LogP contribution < -0.4 is 14.5 Å². The van der Waals surface area contributed by atoms with Gasteiger partial charge in [-0.15, -0.1) is 11.8 Å². The van der Waals surface area contributed by atoms with Crippen molar-refractivity contribution in [2.45, 2.75) is 43.6 Å². The Hall–Kier alpha value is -2.41. The van der Waals surface area contributed by atoms with Crippen LogP contribution >= 0.6 is 11.8 Å². The van der Waals surface area contributed by atoms with Crippen molar-refractivity contribution in [1.29, 1.82) is 0 Å². The Balaban J connectivity index is 1.43. The maximum absolute atomic E-state index is 5.86. The molecule has 174 valence electrons. The van der Waals surface area contributed by atoms with Gasteiger partial charge in [0.05, 0.1) is 7.11 Å². The van der Waals surface area contributed by atoms with Gasteiger partial charge >= 0.3 is 0 Å². The van der Waals surface area contributed by atoms with E-state index in [1.165, 1.54) is 50.0 Å². The summed E-state index contributed by atoms with van der Waals surface area (Å²) in [6.07, 6.45) is 14.1. The minimum atomic E-state index is 0.837. The van der Waals surface area contributed by atoms with E-state index in [4.69, 9.17) is 14.7 Å². The number of rotatable bonds is 9. The van der Waals surface area contributed by atoms with Gasteiger partial charge in [0.2, 0.25) is 0 Å². The first-order valence-corrected chi connectivity index (χ1v) is 13.6. The average Bonchev–Trinajstić information content (AvgIpc) is 3.75. The molecule has 6 nitrogen and oxygen atoms in total. The molecular formula is C26H33N5OS. The average molecular weight is 464 g/mol. The third kappa shape index (κ3) is 4.16. The van der Waals surface area contributed by atoms with Crippen LogP contribution in [0, 0.1) is 11.8 Å². The predicted molar refractivity (Wildman–Crippen MR) is 136 cm³/mol. The number of ether oxygens (including phenoxy) is 1. The molecule has 0 N–H and O–H groups in total. The van der Waals surface area contributed by atoms with Crippen LogP contribution in [0.2, 0.25) is 0 Å². The summed E-state index contributed by atoms with van der Waals surface area (Å²) >= 11 is 1.74. The largest absolute Gasteiger partial charge is 0.496 e. The number of nitrogens with zero attached hydrogens (tertiary/aromatic N) is 5. The summed E-state index contributed by atoms with van der Waals surface area (Å²) in [5.74, 6) is 3.78. The predicted octanol–water partition coefficient (Wildman–Crippen LogP) is 5.35. The highest BCUT2D eigenvalue weighted by molar-refractivity contribution is 7.98. The van der Waals surface area contributed by atoms with E-state index < -0.39 is 0 Å². The van der Waals surface area contributed by atoms with Crippen molar-refractivity contribution in [2.24, 2.45) is 11.8 Å². The Bertz CT molecular complexity index is 1130. The summed E-state index contributed by atoms with van der Waals surface area (Å²) < 4.78 is 8.13. The molecule has 3 fully saturated rings. The fraction of sp³-hybridized carbons (Fsp3) is 0.538. The van der Waals surface area contributed by atoms with Crippen LogP contribution in [-0.2, 0) is 0 Å². The molecule has 0 atom stereocenters. The van der Waals surface area contributed by atoms with Gasteiger partial charge < -0.3 is 14.5 Å². The first-order chi connectivity index (χ1) is 16.2. The molecule has 0 spiro atoms. The van der Waals surface area contributed by atoms with Crippen molar-refractivity contribution in [3.63, 3.8) is 0 Å². The van der Waals surface area contributed by atoms with Gasteiger partial charge in [0.1, 0.15) is 22.3 Å². The van der Waals surface area contributed by atoms with Crippen molar-refractivity contribution in [3.8, 4) is 17.0 Å². The lowest BCUT2D eigenvalue weighted by atomic mass is 10.1. The lowest BCUT2D eigenvalue weighted by Crippen LogP contribution is -2.29. The molecule has 1 aromatic carbocycles. The van der Waals surface area contributed by atoms with E-state index in [9.17, 15) is 0 Å². The number of anilines is 2. The van der Waals surface area contributed by atoms with E-state index in [-0.39, 0.29) is 0 Å². The van der Waals surface area contributed by atoms with Crippen molar-refractivity contribution in [3.05, 3.63) is 30.6 Å². The number of hydrogen-bond donors (Lipinski definition) is 0. The summed E-state index contributed by atoms with van der Waals surface area (Å²) in [6.45, 7) is 4.52.